The Labute approximate surface area is 170 Å². The van der Waals surface area contributed by atoms with Gasteiger partial charge in [-0.05, 0) is 39.2 Å². The Balaban J connectivity index is 1.93. The van der Waals surface area contributed by atoms with Gasteiger partial charge in [0.1, 0.15) is 23.2 Å². The number of nitriles is 1. The maximum Gasteiger partial charge on any atom is 0.341 e. The Morgan fingerprint density at radius 3 is 2.69 bits per heavy atom. The summed E-state index contributed by atoms with van der Waals surface area (Å²) in [7, 11) is 0. The van der Waals surface area contributed by atoms with Crippen LogP contribution >= 0.6 is 11.3 Å². The van der Waals surface area contributed by atoms with E-state index in [2.05, 4.69) is 5.32 Å². The first kappa shape index (κ1) is 20.5. The summed E-state index contributed by atoms with van der Waals surface area (Å²) in [6.45, 7) is 5.30. The molecule has 1 aliphatic heterocycles. The van der Waals surface area contributed by atoms with Gasteiger partial charge in [-0.15, -0.1) is 11.3 Å². The highest BCUT2D eigenvalue weighted by Gasteiger charge is 2.25. The molecule has 0 fully saturated rings. The Morgan fingerprint density at radius 2 is 2.03 bits per heavy atom. The molecule has 1 N–H and O–H groups in total. The van der Waals surface area contributed by atoms with Gasteiger partial charge in [0, 0.05) is 17.1 Å². The van der Waals surface area contributed by atoms with Crippen molar-refractivity contribution in [2.75, 3.05) is 11.9 Å². The SMILES string of the molecule is CCOC(=O)c1c(NC(=O)Cn2c(=O)c(C#N)c3n(c2=O)CCC3)sc(C)c1C. The van der Waals surface area contributed by atoms with Crippen molar-refractivity contribution in [2.45, 2.75) is 46.7 Å². The van der Waals surface area contributed by atoms with E-state index in [0.717, 1.165) is 9.44 Å². The summed E-state index contributed by atoms with van der Waals surface area (Å²) in [5, 5.41) is 12.2. The molecule has 0 unspecified atom stereocenters. The molecule has 0 spiro atoms. The summed E-state index contributed by atoms with van der Waals surface area (Å²) in [5.41, 5.74) is -0.104. The summed E-state index contributed by atoms with van der Waals surface area (Å²) in [4.78, 5) is 50.9. The number of carbonyl (C=O) groups is 2. The third kappa shape index (κ3) is 3.61. The van der Waals surface area contributed by atoms with Crippen molar-refractivity contribution in [3.63, 3.8) is 0 Å². The number of esters is 1. The molecule has 29 heavy (non-hydrogen) atoms. The van der Waals surface area contributed by atoms with Crippen molar-refractivity contribution in [3.05, 3.63) is 48.1 Å². The van der Waals surface area contributed by atoms with E-state index in [4.69, 9.17) is 4.74 Å². The molecule has 1 amide bonds. The zero-order chi connectivity index (χ0) is 21.3. The van der Waals surface area contributed by atoms with Crippen molar-refractivity contribution >= 4 is 28.2 Å². The van der Waals surface area contributed by atoms with Crippen LogP contribution in [0, 0.1) is 25.2 Å². The largest absolute Gasteiger partial charge is 0.462 e. The minimum absolute atomic E-state index is 0.107. The molecular weight excluding hydrogens is 396 g/mol. The lowest BCUT2D eigenvalue weighted by molar-refractivity contribution is -0.116. The Kier molecular flexibility index (Phi) is 5.70. The quantitative estimate of drug-likeness (QED) is 0.734. The van der Waals surface area contributed by atoms with E-state index >= 15 is 0 Å². The number of ether oxygens (including phenoxy) is 1. The van der Waals surface area contributed by atoms with Gasteiger partial charge in [-0.25, -0.2) is 14.2 Å². The molecule has 152 valence electrons. The molecule has 10 heteroatoms. The number of amides is 1. The molecule has 2 aromatic rings. The summed E-state index contributed by atoms with van der Waals surface area (Å²) in [6.07, 6.45) is 1.15. The van der Waals surface area contributed by atoms with E-state index in [0.29, 0.717) is 35.6 Å². The fourth-order valence-corrected chi connectivity index (χ4v) is 4.43. The van der Waals surface area contributed by atoms with Gasteiger partial charge in [-0.1, -0.05) is 0 Å². The standard InChI is InChI=1S/C19H20N4O5S/c1-4-28-18(26)15-10(2)11(3)29-16(15)21-14(24)9-23-17(25)12(8-20)13-6-5-7-22(13)19(23)27/h4-7,9H2,1-3H3,(H,21,24). The number of fused-ring (bicyclic) bond motifs is 1. The van der Waals surface area contributed by atoms with Gasteiger partial charge in [0.15, 0.2) is 0 Å². The first-order valence-corrected chi connectivity index (χ1v) is 9.95. The Hall–Kier alpha value is -3.19. The van der Waals surface area contributed by atoms with Crippen LogP contribution in [0.25, 0.3) is 0 Å². The summed E-state index contributed by atoms with van der Waals surface area (Å²) in [5.74, 6) is -1.19. The normalized spacial score (nSPS) is 12.3. The van der Waals surface area contributed by atoms with Gasteiger partial charge in [-0.2, -0.15) is 5.26 Å². The fraction of sp³-hybridized carbons (Fsp3) is 0.421. The molecule has 9 nitrogen and oxygen atoms in total. The molecule has 0 aromatic carbocycles. The minimum Gasteiger partial charge on any atom is -0.462 e. The average molecular weight is 416 g/mol. The highest BCUT2D eigenvalue weighted by Crippen LogP contribution is 2.33. The van der Waals surface area contributed by atoms with Crippen LogP contribution in [-0.2, 0) is 29.0 Å². The lowest BCUT2D eigenvalue weighted by Gasteiger charge is -2.11. The topological polar surface area (TPSA) is 123 Å². The number of nitrogens with zero attached hydrogens (tertiary/aromatic N) is 3. The third-order valence-corrected chi connectivity index (χ3v) is 5.98. The lowest BCUT2D eigenvalue weighted by Crippen LogP contribution is -2.44. The smallest absolute Gasteiger partial charge is 0.341 e. The van der Waals surface area contributed by atoms with Crippen molar-refractivity contribution < 1.29 is 14.3 Å². The van der Waals surface area contributed by atoms with Crippen LogP contribution in [0.1, 0.15) is 45.4 Å². The van der Waals surface area contributed by atoms with Crippen molar-refractivity contribution in [1.29, 1.82) is 5.26 Å². The molecule has 0 saturated carbocycles. The number of hydrogen-bond acceptors (Lipinski definition) is 7. The second-order valence-electron chi connectivity index (χ2n) is 6.62. The van der Waals surface area contributed by atoms with Crippen LogP contribution < -0.4 is 16.6 Å². The molecule has 0 saturated heterocycles. The van der Waals surface area contributed by atoms with Crippen LogP contribution in [0.2, 0.25) is 0 Å². The van der Waals surface area contributed by atoms with Gasteiger partial charge in [0.05, 0.1) is 12.2 Å². The van der Waals surface area contributed by atoms with E-state index in [1.54, 1.807) is 13.8 Å². The van der Waals surface area contributed by atoms with E-state index in [9.17, 15) is 24.4 Å². The van der Waals surface area contributed by atoms with Gasteiger partial charge in [0.25, 0.3) is 5.56 Å². The van der Waals surface area contributed by atoms with Gasteiger partial charge >= 0.3 is 11.7 Å². The van der Waals surface area contributed by atoms with E-state index in [-0.39, 0.29) is 17.7 Å². The Morgan fingerprint density at radius 1 is 1.31 bits per heavy atom. The molecule has 2 aromatic heterocycles. The maximum atomic E-state index is 12.6. The molecule has 0 atom stereocenters. The van der Waals surface area contributed by atoms with Gasteiger partial charge < -0.3 is 10.1 Å². The van der Waals surface area contributed by atoms with Crippen LogP contribution in [0.3, 0.4) is 0 Å². The fourth-order valence-electron chi connectivity index (χ4n) is 3.36. The predicted molar refractivity (Wildman–Crippen MR) is 106 cm³/mol. The minimum atomic E-state index is -0.773. The van der Waals surface area contributed by atoms with Gasteiger partial charge in [-0.3, -0.25) is 14.2 Å². The molecule has 0 aliphatic carbocycles. The number of hydrogen-bond donors (Lipinski definition) is 1. The van der Waals surface area contributed by atoms with Crippen LogP contribution in [0.15, 0.2) is 9.59 Å². The highest BCUT2D eigenvalue weighted by atomic mass is 32.1. The number of thiophene rings is 1. The average Bonchev–Trinajstić information content (AvgIpc) is 3.25. The monoisotopic (exact) mass is 416 g/mol. The first-order chi connectivity index (χ1) is 13.8. The van der Waals surface area contributed by atoms with Crippen LogP contribution in [0.5, 0.6) is 0 Å². The molecule has 3 heterocycles. The molecule has 0 radical (unpaired) electrons. The number of aromatic nitrogens is 2. The van der Waals surface area contributed by atoms with Crippen molar-refractivity contribution in [2.24, 2.45) is 0 Å². The maximum absolute atomic E-state index is 12.6. The van der Waals surface area contributed by atoms with Crippen LogP contribution in [0.4, 0.5) is 5.00 Å². The van der Waals surface area contributed by atoms with E-state index in [1.807, 2.05) is 13.0 Å². The molecule has 3 rings (SSSR count). The first-order valence-electron chi connectivity index (χ1n) is 9.13. The van der Waals surface area contributed by atoms with Gasteiger partial charge in [0.2, 0.25) is 5.91 Å². The third-order valence-electron chi connectivity index (χ3n) is 4.86. The number of anilines is 1. The second-order valence-corrected chi connectivity index (χ2v) is 7.84. The summed E-state index contributed by atoms with van der Waals surface area (Å²) >= 11 is 1.21. The molecular formula is C19H20N4O5S. The highest BCUT2D eigenvalue weighted by molar-refractivity contribution is 7.16. The zero-order valence-electron chi connectivity index (χ0n) is 16.3. The predicted octanol–water partition coefficient (Wildman–Crippen LogP) is 1.32. The summed E-state index contributed by atoms with van der Waals surface area (Å²) in [6, 6.07) is 1.85. The molecule has 1 aliphatic rings. The Bertz CT molecular complexity index is 1170. The lowest BCUT2D eigenvalue weighted by atomic mass is 10.1. The van der Waals surface area contributed by atoms with E-state index < -0.39 is 29.7 Å². The molecule has 0 bridgehead atoms. The number of carbonyl (C=O) groups excluding carboxylic acids is 2. The van der Waals surface area contributed by atoms with Crippen molar-refractivity contribution in [1.82, 2.24) is 9.13 Å². The zero-order valence-corrected chi connectivity index (χ0v) is 17.1. The van der Waals surface area contributed by atoms with Crippen molar-refractivity contribution in [3.8, 4) is 6.07 Å². The van der Waals surface area contributed by atoms with E-state index in [1.165, 1.54) is 15.9 Å². The number of rotatable bonds is 5. The number of aryl methyl sites for hydroxylation is 1. The second kappa shape index (κ2) is 8.05. The number of nitrogens with one attached hydrogen (secondary N) is 1. The van der Waals surface area contributed by atoms with Crippen LogP contribution in [-0.4, -0.2) is 27.6 Å². The summed E-state index contributed by atoms with van der Waals surface area (Å²) < 4.78 is 7.19.